The van der Waals surface area contributed by atoms with Crippen molar-refractivity contribution < 1.29 is 14.3 Å². The largest absolute Gasteiger partial charge is 0.490 e. The molecule has 0 spiro atoms. The van der Waals surface area contributed by atoms with E-state index in [0.717, 1.165) is 5.56 Å². The molecule has 8 heteroatoms. The molecule has 0 aliphatic carbocycles. The van der Waals surface area contributed by atoms with Crippen molar-refractivity contribution in [3.05, 3.63) is 76.3 Å². The second-order valence-corrected chi connectivity index (χ2v) is 6.09. The van der Waals surface area contributed by atoms with Crippen molar-refractivity contribution in [3.63, 3.8) is 0 Å². The lowest BCUT2D eigenvalue weighted by Gasteiger charge is -2.05. The minimum absolute atomic E-state index is 0.231. The molecule has 0 saturated heterocycles. The maximum Gasteiger partial charge on any atom is 0.259 e. The number of hydrogen-bond acceptors (Lipinski definition) is 4. The first-order valence-corrected chi connectivity index (χ1v) is 8.64. The summed E-state index contributed by atoms with van der Waals surface area (Å²) in [6, 6.07) is 11.6. The number of amides is 2. The molecule has 0 fully saturated rings. The number of hydrogen-bond donors (Lipinski definition) is 2. The molecule has 0 aromatic heterocycles. The number of nitrogens with zero attached hydrogens (tertiary/aromatic N) is 1. The summed E-state index contributed by atoms with van der Waals surface area (Å²) in [5.74, 6) is -0.200. The number of hydrazone groups is 1. The van der Waals surface area contributed by atoms with Crippen molar-refractivity contribution in [2.75, 3.05) is 13.2 Å². The second kappa shape index (κ2) is 10.4. The zero-order chi connectivity index (χ0) is 19.6. The van der Waals surface area contributed by atoms with Gasteiger partial charge in [0.2, 0.25) is 0 Å². The molecule has 0 saturated carbocycles. The Morgan fingerprint density at radius 3 is 2.52 bits per heavy atom. The van der Waals surface area contributed by atoms with Crippen LogP contribution in [0.5, 0.6) is 5.75 Å². The van der Waals surface area contributed by atoms with Crippen LogP contribution < -0.4 is 15.5 Å². The number of carbonyl (C=O) groups excluding carboxylic acids is 2. The first kappa shape index (κ1) is 20.5. The SMILES string of the molecule is C=CCOc1ccc(/C=N\NC(=O)CNC(=O)c2ccc(Cl)c(Cl)c2)cc1. The highest BCUT2D eigenvalue weighted by atomic mass is 35.5. The van der Waals surface area contributed by atoms with E-state index in [-0.39, 0.29) is 11.6 Å². The van der Waals surface area contributed by atoms with E-state index < -0.39 is 11.8 Å². The first-order valence-electron chi connectivity index (χ1n) is 7.88. The van der Waals surface area contributed by atoms with Crippen LogP contribution in [-0.4, -0.2) is 31.2 Å². The number of nitrogens with one attached hydrogen (secondary N) is 2. The Morgan fingerprint density at radius 2 is 1.85 bits per heavy atom. The van der Waals surface area contributed by atoms with E-state index in [2.05, 4.69) is 22.4 Å². The lowest BCUT2D eigenvalue weighted by Crippen LogP contribution is -2.34. The molecule has 0 radical (unpaired) electrons. The number of benzene rings is 2. The molecule has 0 aliphatic heterocycles. The standard InChI is InChI=1S/C19H17Cl2N3O3/c1-2-9-27-15-6-3-13(4-7-15)11-23-24-18(25)12-22-19(26)14-5-8-16(20)17(21)10-14/h2-8,10-11H,1,9,12H2,(H,22,26)(H,24,25)/b23-11-. The molecule has 0 heterocycles. The summed E-state index contributed by atoms with van der Waals surface area (Å²) >= 11 is 11.7. The molecule has 2 aromatic carbocycles. The summed E-state index contributed by atoms with van der Waals surface area (Å²) in [6.07, 6.45) is 3.14. The molecule has 2 aromatic rings. The van der Waals surface area contributed by atoms with Gasteiger partial charge in [-0.05, 0) is 48.0 Å². The van der Waals surface area contributed by atoms with Crippen LogP contribution in [0.15, 0.2) is 60.2 Å². The Morgan fingerprint density at radius 1 is 1.11 bits per heavy atom. The van der Waals surface area contributed by atoms with Crippen molar-refractivity contribution in [3.8, 4) is 5.75 Å². The van der Waals surface area contributed by atoms with Gasteiger partial charge >= 0.3 is 0 Å². The Bertz CT molecular complexity index is 852. The average molecular weight is 406 g/mol. The predicted molar refractivity (Wildman–Crippen MR) is 107 cm³/mol. The molecular formula is C19H17Cl2N3O3. The average Bonchev–Trinajstić information content (AvgIpc) is 2.67. The summed E-state index contributed by atoms with van der Waals surface area (Å²) in [6.45, 7) is 3.77. The van der Waals surface area contributed by atoms with Gasteiger partial charge in [0, 0.05) is 5.56 Å². The zero-order valence-corrected chi connectivity index (χ0v) is 15.8. The van der Waals surface area contributed by atoms with Gasteiger partial charge in [0.05, 0.1) is 22.8 Å². The fourth-order valence-electron chi connectivity index (χ4n) is 1.92. The van der Waals surface area contributed by atoms with Gasteiger partial charge < -0.3 is 10.1 Å². The van der Waals surface area contributed by atoms with Gasteiger partial charge in [-0.2, -0.15) is 5.10 Å². The van der Waals surface area contributed by atoms with Crippen LogP contribution in [-0.2, 0) is 4.79 Å². The molecular weight excluding hydrogens is 389 g/mol. The molecule has 2 amide bonds. The lowest BCUT2D eigenvalue weighted by atomic mass is 10.2. The Labute approximate surface area is 166 Å². The minimum atomic E-state index is -0.467. The third kappa shape index (κ3) is 6.77. The molecule has 27 heavy (non-hydrogen) atoms. The molecule has 2 rings (SSSR count). The van der Waals surface area contributed by atoms with E-state index in [0.29, 0.717) is 22.9 Å². The smallest absolute Gasteiger partial charge is 0.259 e. The fourth-order valence-corrected chi connectivity index (χ4v) is 2.22. The third-order valence-electron chi connectivity index (χ3n) is 3.24. The first-order chi connectivity index (χ1) is 13.0. The fraction of sp³-hybridized carbons (Fsp3) is 0.105. The Kier molecular flexibility index (Phi) is 7.85. The molecule has 0 aliphatic rings. The molecule has 0 bridgehead atoms. The number of rotatable bonds is 8. The summed E-state index contributed by atoms with van der Waals surface area (Å²) < 4.78 is 5.37. The lowest BCUT2D eigenvalue weighted by molar-refractivity contribution is -0.120. The van der Waals surface area contributed by atoms with Crippen LogP contribution in [0.3, 0.4) is 0 Å². The summed E-state index contributed by atoms with van der Waals surface area (Å²) in [4.78, 5) is 23.7. The van der Waals surface area contributed by atoms with Gasteiger partial charge in [-0.1, -0.05) is 35.9 Å². The maximum absolute atomic E-state index is 12.0. The van der Waals surface area contributed by atoms with E-state index in [4.69, 9.17) is 27.9 Å². The van der Waals surface area contributed by atoms with E-state index in [1.165, 1.54) is 24.4 Å². The number of carbonyl (C=O) groups is 2. The van der Waals surface area contributed by atoms with Crippen LogP contribution in [0.25, 0.3) is 0 Å². The van der Waals surface area contributed by atoms with Crippen molar-refractivity contribution in [2.24, 2.45) is 5.10 Å². The van der Waals surface area contributed by atoms with Gasteiger partial charge in [-0.3, -0.25) is 9.59 Å². The highest BCUT2D eigenvalue weighted by Crippen LogP contribution is 2.22. The summed E-state index contributed by atoms with van der Waals surface area (Å²) in [5, 5.41) is 6.92. The second-order valence-electron chi connectivity index (χ2n) is 5.27. The Balaban J connectivity index is 1.78. The molecule has 0 unspecified atom stereocenters. The summed E-state index contributed by atoms with van der Waals surface area (Å²) in [7, 11) is 0. The predicted octanol–water partition coefficient (Wildman–Crippen LogP) is 3.44. The Hall–Kier alpha value is -2.83. The van der Waals surface area contributed by atoms with Crippen LogP contribution in [0.2, 0.25) is 10.0 Å². The van der Waals surface area contributed by atoms with Crippen LogP contribution in [0.4, 0.5) is 0 Å². The monoisotopic (exact) mass is 405 g/mol. The van der Waals surface area contributed by atoms with Crippen molar-refractivity contribution >= 4 is 41.2 Å². The van der Waals surface area contributed by atoms with E-state index in [1.54, 1.807) is 30.3 Å². The highest BCUT2D eigenvalue weighted by Gasteiger charge is 2.09. The quantitative estimate of drug-likeness (QED) is 0.401. The van der Waals surface area contributed by atoms with Crippen LogP contribution in [0.1, 0.15) is 15.9 Å². The molecule has 0 atom stereocenters. The molecule has 2 N–H and O–H groups in total. The maximum atomic E-state index is 12.0. The van der Waals surface area contributed by atoms with Crippen LogP contribution >= 0.6 is 23.2 Å². The topological polar surface area (TPSA) is 79.8 Å². The molecule has 6 nitrogen and oxygen atoms in total. The summed E-state index contributed by atoms with van der Waals surface area (Å²) in [5.41, 5.74) is 3.42. The van der Waals surface area contributed by atoms with Gasteiger partial charge in [-0.15, -0.1) is 0 Å². The number of ether oxygens (including phenoxy) is 1. The molecule has 140 valence electrons. The number of halogens is 2. The van der Waals surface area contributed by atoms with Crippen molar-refractivity contribution in [1.29, 1.82) is 0 Å². The van der Waals surface area contributed by atoms with E-state index in [1.807, 2.05) is 0 Å². The van der Waals surface area contributed by atoms with Gasteiger partial charge in [0.15, 0.2) is 0 Å². The van der Waals surface area contributed by atoms with Crippen molar-refractivity contribution in [2.45, 2.75) is 0 Å². The normalized spacial score (nSPS) is 10.4. The third-order valence-corrected chi connectivity index (χ3v) is 3.98. The van der Waals surface area contributed by atoms with Gasteiger partial charge in [-0.25, -0.2) is 5.43 Å². The van der Waals surface area contributed by atoms with Gasteiger partial charge in [0.25, 0.3) is 11.8 Å². The van der Waals surface area contributed by atoms with Crippen LogP contribution in [0, 0.1) is 0 Å². The zero-order valence-electron chi connectivity index (χ0n) is 14.2. The van der Waals surface area contributed by atoms with E-state index in [9.17, 15) is 9.59 Å². The van der Waals surface area contributed by atoms with Crippen molar-refractivity contribution in [1.82, 2.24) is 10.7 Å². The minimum Gasteiger partial charge on any atom is -0.490 e. The van der Waals surface area contributed by atoms with E-state index >= 15 is 0 Å². The van der Waals surface area contributed by atoms with Gasteiger partial charge in [0.1, 0.15) is 12.4 Å². The highest BCUT2D eigenvalue weighted by molar-refractivity contribution is 6.42.